The van der Waals surface area contributed by atoms with Crippen molar-refractivity contribution in [1.82, 2.24) is 14.5 Å². The Morgan fingerprint density at radius 3 is 3.00 bits per heavy atom. The molecule has 1 aliphatic carbocycles. The predicted octanol–water partition coefficient (Wildman–Crippen LogP) is 1.33. The number of carbonyl (C=O) groups is 1. The van der Waals surface area contributed by atoms with E-state index >= 15 is 0 Å². The van der Waals surface area contributed by atoms with E-state index in [1.807, 2.05) is 11.1 Å². The molecule has 92 valence electrons. The van der Waals surface area contributed by atoms with E-state index in [4.69, 9.17) is 0 Å². The Balaban J connectivity index is 1.64. The van der Waals surface area contributed by atoms with E-state index in [0.717, 1.165) is 37.5 Å². The molecular formula is C12H17N3OS. The van der Waals surface area contributed by atoms with Crippen molar-refractivity contribution in [3.8, 4) is 0 Å². The molecule has 5 heteroatoms. The molecule has 1 amide bonds. The summed E-state index contributed by atoms with van der Waals surface area (Å²) in [6.07, 6.45) is 6.76. The lowest BCUT2D eigenvalue weighted by Crippen LogP contribution is -2.39. The van der Waals surface area contributed by atoms with Gasteiger partial charge in [-0.25, -0.2) is 4.98 Å². The van der Waals surface area contributed by atoms with Gasteiger partial charge in [-0.05, 0) is 24.0 Å². The van der Waals surface area contributed by atoms with Gasteiger partial charge in [0.2, 0.25) is 5.91 Å². The highest BCUT2D eigenvalue weighted by atomic mass is 32.1. The topological polar surface area (TPSA) is 38.1 Å². The number of nitrogens with zero attached hydrogens (tertiary/aromatic N) is 3. The van der Waals surface area contributed by atoms with E-state index < -0.39 is 0 Å². The molecule has 17 heavy (non-hydrogen) atoms. The first-order chi connectivity index (χ1) is 8.22. The second kappa shape index (κ2) is 4.05. The Hall–Kier alpha value is -0.970. The van der Waals surface area contributed by atoms with Gasteiger partial charge in [-0.1, -0.05) is 0 Å². The van der Waals surface area contributed by atoms with Crippen LogP contribution in [-0.4, -0.2) is 32.7 Å². The predicted molar refractivity (Wildman–Crippen MR) is 67.8 cm³/mol. The Labute approximate surface area is 106 Å². The third kappa shape index (κ3) is 2.08. The van der Waals surface area contributed by atoms with Gasteiger partial charge in [0.15, 0.2) is 0 Å². The molecular weight excluding hydrogens is 234 g/mol. The van der Waals surface area contributed by atoms with E-state index in [1.165, 1.54) is 0 Å². The van der Waals surface area contributed by atoms with Crippen LogP contribution in [0, 0.1) is 5.41 Å². The first kappa shape index (κ1) is 11.1. The van der Waals surface area contributed by atoms with Crippen LogP contribution in [0.5, 0.6) is 0 Å². The lowest BCUT2D eigenvalue weighted by molar-refractivity contribution is -0.133. The minimum Gasteiger partial charge on any atom is -0.333 e. The Morgan fingerprint density at radius 2 is 2.29 bits per heavy atom. The van der Waals surface area contributed by atoms with Crippen LogP contribution >= 0.6 is 12.6 Å². The minimum atomic E-state index is 0.215. The lowest BCUT2D eigenvalue weighted by Gasteiger charge is -2.29. The number of amides is 1. The zero-order valence-corrected chi connectivity index (χ0v) is 10.7. The van der Waals surface area contributed by atoms with E-state index in [1.54, 1.807) is 6.20 Å². The average Bonchev–Trinajstić information content (AvgIpc) is 2.96. The smallest absolute Gasteiger partial charge is 0.223 e. The van der Waals surface area contributed by atoms with Crippen LogP contribution in [0.1, 0.15) is 25.1 Å². The zero-order valence-electron chi connectivity index (χ0n) is 9.80. The second-order valence-electron chi connectivity index (χ2n) is 5.19. The number of carbonyl (C=O) groups excluding carboxylic acids is 1. The molecule has 0 aromatic carbocycles. The van der Waals surface area contributed by atoms with E-state index in [0.29, 0.717) is 13.0 Å². The van der Waals surface area contributed by atoms with Crippen molar-refractivity contribution in [1.29, 1.82) is 0 Å². The quantitative estimate of drug-likeness (QED) is 0.823. The molecule has 0 N–H and O–H groups in total. The van der Waals surface area contributed by atoms with E-state index in [-0.39, 0.29) is 11.3 Å². The third-order valence-electron chi connectivity index (χ3n) is 3.92. The van der Waals surface area contributed by atoms with Crippen LogP contribution in [-0.2, 0) is 17.9 Å². The van der Waals surface area contributed by atoms with Gasteiger partial charge in [0.1, 0.15) is 5.82 Å². The van der Waals surface area contributed by atoms with Crippen LogP contribution in [0.15, 0.2) is 12.4 Å². The second-order valence-corrected chi connectivity index (χ2v) is 5.50. The van der Waals surface area contributed by atoms with E-state index in [9.17, 15) is 4.79 Å². The summed E-state index contributed by atoms with van der Waals surface area (Å²) in [6, 6.07) is 0. The van der Waals surface area contributed by atoms with Gasteiger partial charge in [0.05, 0.1) is 6.54 Å². The van der Waals surface area contributed by atoms with Crippen molar-refractivity contribution in [2.45, 2.75) is 32.4 Å². The molecule has 4 nitrogen and oxygen atoms in total. The molecule has 0 atom stereocenters. The summed E-state index contributed by atoms with van der Waals surface area (Å²) in [5.41, 5.74) is 0.215. The number of imidazole rings is 1. The fraction of sp³-hybridized carbons (Fsp3) is 0.667. The monoisotopic (exact) mass is 251 g/mol. The largest absolute Gasteiger partial charge is 0.333 e. The summed E-state index contributed by atoms with van der Waals surface area (Å²) < 4.78 is 2.12. The first-order valence-corrected chi connectivity index (χ1v) is 6.74. The normalized spacial score (nSPS) is 21.1. The van der Waals surface area contributed by atoms with Crippen molar-refractivity contribution in [3.05, 3.63) is 18.2 Å². The van der Waals surface area contributed by atoms with Gasteiger partial charge in [-0.3, -0.25) is 4.79 Å². The molecule has 0 radical (unpaired) electrons. The molecule has 0 saturated heterocycles. The maximum Gasteiger partial charge on any atom is 0.223 e. The highest BCUT2D eigenvalue weighted by Gasteiger charge is 2.43. The van der Waals surface area contributed by atoms with Crippen molar-refractivity contribution in [2.24, 2.45) is 5.41 Å². The van der Waals surface area contributed by atoms with Gasteiger partial charge >= 0.3 is 0 Å². The van der Waals surface area contributed by atoms with Crippen LogP contribution in [0.25, 0.3) is 0 Å². The fourth-order valence-corrected chi connectivity index (χ4v) is 2.81. The molecule has 1 saturated carbocycles. The maximum atomic E-state index is 12.2. The van der Waals surface area contributed by atoms with E-state index in [2.05, 4.69) is 22.2 Å². The number of rotatable bonds is 3. The molecule has 0 unspecified atom stereocenters. The van der Waals surface area contributed by atoms with Crippen LogP contribution in [0.3, 0.4) is 0 Å². The molecule has 1 aromatic rings. The van der Waals surface area contributed by atoms with Gasteiger partial charge < -0.3 is 9.47 Å². The van der Waals surface area contributed by atoms with Crippen LogP contribution in [0.4, 0.5) is 0 Å². The van der Waals surface area contributed by atoms with Crippen LogP contribution in [0.2, 0.25) is 0 Å². The minimum absolute atomic E-state index is 0.215. The van der Waals surface area contributed by atoms with Gasteiger partial charge in [0.25, 0.3) is 0 Å². The summed E-state index contributed by atoms with van der Waals surface area (Å²) in [5, 5.41) is 0. The number of thiol groups is 1. The Morgan fingerprint density at radius 1 is 1.47 bits per heavy atom. The van der Waals surface area contributed by atoms with Gasteiger partial charge in [-0.2, -0.15) is 12.6 Å². The molecule has 3 rings (SSSR count). The summed E-state index contributed by atoms with van der Waals surface area (Å²) in [4.78, 5) is 18.4. The van der Waals surface area contributed by atoms with Crippen molar-refractivity contribution >= 4 is 18.5 Å². The highest BCUT2D eigenvalue weighted by Crippen LogP contribution is 2.49. The summed E-state index contributed by atoms with van der Waals surface area (Å²) >= 11 is 4.35. The standard InChI is InChI=1S/C12H17N3OS/c16-11(7-12(9-17)1-2-12)15-6-5-14-4-3-13-10(14)8-15/h3-4,17H,1-2,5-9H2. The fourth-order valence-electron chi connectivity index (χ4n) is 2.39. The molecule has 1 aromatic heterocycles. The van der Waals surface area contributed by atoms with Crippen molar-refractivity contribution < 1.29 is 4.79 Å². The molecule has 1 aliphatic heterocycles. The van der Waals surface area contributed by atoms with Gasteiger partial charge in [-0.15, -0.1) is 0 Å². The Bertz CT molecular complexity index is 439. The molecule has 0 spiro atoms. The number of aromatic nitrogens is 2. The first-order valence-electron chi connectivity index (χ1n) is 6.11. The summed E-state index contributed by atoms with van der Waals surface area (Å²) in [6.45, 7) is 2.34. The number of fused-ring (bicyclic) bond motifs is 1. The van der Waals surface area contributed by atoms with Gasteiger partial charge in [0, 0.05) is 31.9 Å². The highest BCUT2D eigenvalue weighted by molar-refractivity contribution is 7.80. The number of hydrogen-bond acceptors (Lipinski definition) is 3. The Kier molecular flexibility index (Phi) is 2.65. The van der Waals surface area contributed by atoms with Crippen molar-refractivity contribution in [3.63, 3.8) is 0 Å². The maximum absolute atomic E-state index is 12.2. The average molecular weight is 251 g/mol. The molecule has 2 aliphatic rings. The van der Waals surface area contributed by atoms with Crippen LogP contribution < -0.4 is 0 Å². The van der Waals surface area contributed by atoms with Crippen molar-refractivity contribution in [2.75, 3.05) is 12.3 Å². The zero-order chi connectivity index (χ0) is 11.9. The lowest BCUT2D eigenvalue weighted by atomic mass is 10.0. The summed E-state index contributed by atoms with van der Waals surface area (Å²) in [7, 11) is 0. The molecule has 1 fully saturated rings. The SMILES string of the molecule is O=C(CC1(CS)CC1)N1CCn2ccnc2C1. The summed E-state index contributed by atoms with van der Waals surface area (Å²) in [5.74, 6) is 2.10. The number of hydrogen-bond donors (Lipinski definition) is 1. The molecule has 2 heterocycles. The molecule has 0 bridgehead atoms. The third-order valence-corrected chi connectivity index (χ3v) is 4.59.